The van der Waals surface area contributed by atoms with Crippen molar-refractivity contribution < 1.29 is 0 Å². The second-order valence-electron chi connectivity index (χ2n) is 5.49. The van der Waals surface area contributed by atoms with E-state index in [9.17, 15) is 9.59 Å². The maximum absolute atomic E-state index is 12.5. The number of fused-ring (bicyclic) bond motifs is 1. The molecule has 0 bridgehead atoms. The number of benzene rings is 1. The van der Waals surface area contributed by atoms with Crippen LogP contribution >= 0.6 is 11.8 Å². The molecule has 0 unspecified atom stereocenters. The fourth-order valence-corrected chi connectivity index (χ4v) is 3.52. The van der Waals surface area contributed by atoms with Crippen molar-refractivity contribution in [2.24, 2.45) is 14.1 Å². The number of aryl methyl sites for hydroxylation is 2. The van der Waals surface area contributed by atoms with Gasteiger partial charge in [0.25, 0.3) is 5.56 Å². The predicted octanol–water partition coefficient (Wildman–Crippen LogP) is 2.23. The van der Waals surface area contributed by atoms with Crippen LogP contribution in [0.2, 0.25) is 0 Å². The summed E-state index contributed by atoms with van der Waals surface area (Å²) >= 11 is 1.58. The van der Waals surface area contributed by atoms with Crippen LogP contribution in [0.25, 0.3) is 11.0 Å². The van der Waals surface area contributed by atoms with E-state index in [-0.39, 0.29) is 11.2 Å². The van der Waals surface area contributed by atoms with Crippen LogP contribution in [-0.2, 0) is 19.8 Å². The summed E-state index contributed by atoms with van der Waals surface area (Å²) in [6.45, 7) is 2.06. The van der Waals surface area contributed by atoms with Crippen molar-refractivity contribution in [3.8, 4) is 0 Å². The van der Waals surface area contributed by atoms with E-state index in [1.54, 1.807) is 25.0 Å². The zero-order chi connectivity index (χ0) is 16.6. The molecule has 0 N–H and O–H groups in total. The van der Waals surface area contributed by atoms with Crippen LogP contribution in [0.5, 0.6) is 0 Å². The summed E-state index contributed by atoms with van der Waals surface area (Å²) < 4.78 is 2.54. The summed E-state index contributed by atoms with van der Waals surface area (Å²) in [6.07, 6.45) is 1.64. The fraction of sp³-hybridized carbons (Fsp3) is 0.235. The first-order chi connectivity index (χ1) is 11.0. The molecule has 0 saturated carbocycles. The second-order valence-corrected chi connectivity index (χ2v) is 6.51. The molecule has 0 saturated heterocycles. The highest BCUT2D eigenvalue weighted by atomic mass is 32.2. The molecule has 0 amide bonds. The van der Waals surface area contributed by atoms with E-state index in [1.165, 1.54) is 22.7 Å². The van der Waals surface area contributed by atoms with Crippen LogP contribution in [0.15, 0.2) is 51.0 Å². The zero-order valence-corrected chi connectivity index (χ0v) is 14.1. The lowest BCUT2D eigenvalue weighted by molar-refractivity contribution is 0.706. The van der Waals surface area contributed by atoms with E-state index in [1.807, 2.05) is 12.1 Å². The Morgan fingerprint density at radius 3 is 2.65 bits per heavy atom. The normalized spacial score (nSPS) is 11.1. The number of thioether (sulfide) groups is 1. The average molecular weight is 327 g/mol. The molecule has 0 aliphatic rings. The molecule has 0 spiro atoms. The standard InChI is InChI=1S/C17H17N3O2S/c1-11-5-4-6-12(9-11)10-23-13-7-8-18-15-14(13)16(21)20(3)17(22)19(15)2/h4-9H,10H2,1-3H3. The highest BCUT2D eigenvalue weighted by Crippen LogP contribution is 2.27. The Labute approximate surface area is 137 Å². The Kier molecular flexibility index (Phi) is 4.09. The summed E-state index contributed by atoms with van der Waals surface area (Å²) in [4.78, 5) is 29.5. The van der Waals surface area contributed by atoms with Gasteiger partial charge in [-0.3, -0.25) is 13.9 Å². The minimum atomic E-state index is -0.365. The molecule has 6 heteroatoms. The van der Waals surface area contributed by atoms with E-state index in [2.05, 4.69) is 30.1 Å². The van der Waals surface area contributed by atoms with Crippen molar-refractivity contribution >= 4 is 22.8 Å². The van der Waals surface area contributed by atoms with Gasteiger partial charge in [-0.2, -0.15) is 0 Å². The van der Waals surface area contributed by atoms with E-state index in [0.29, 0.717) is 11.0 Å². The first-order valence-corrected chi connectivity index (χ1v) is 8.20. The molecule has 3 rings (SSSR count). The molecule has 23 heavy (non-hydrogen) atoms. The Balaban J connectivity index is 2.08. The van der Waals surface area contributed by atoms with Crippen LogP contribution in [-0.4, -0.2) is 14.1 Å². The van der Waals surface area contributed by atoms with Crippen LogP contribution < -0.4 is 11.2 Å². The summed E-state index contributed by atoms with van der Waals surface area (Å²) in [7, 11) is 3.12. The summed E-state index contributed by atoms with van der Waals surface area (Å²) in [5.74, 6) is 0.757. The van der Waals surface area contributed by atoms with Gasteiger partial charge in [-0.1, -0.05) is 29.8 Å². The molecular weight excluding hydrogens is 310 g/mol. The number of aromatic nitrogens is 3. The summed E-state index contributed by atoms with van der Waals surface area (Å²) in [5.41, 5.74) is 2.16. The van der Waals surface area contributed by atoms with Gasteiger partial charge in [0.05, 0.1) is 5.39 Å². The second kappa shape index (κ2) is 6.04. The van der Waals surface area contributed by atoms with Gasteiger partial charge >= 0.3 is 5.69 Å². The molecule has 3 aromatic rings. The number of hydrogen-bond acceptors (Lipinski definition) is 4. The van der Waals surface area contributed by atoms with Gasteiger partial charge < -0.3 is 0 Å². The van der Waals surface area contributed by atoms with Gasteiger partial charge in [0.2, 0.25) is 0 Å². The predicted molar refractivity (Wildman–Crippen MR) is 93.0 cm³/mol. The number of pyridine rings is 1. The molecule has 2 heterocycles. The third-order valence-electron chi connectivity index (χ3n) is 3.78. The molecule has 118 valence electrons. The first-order valence-electron chi connectivity index (χ1n) is 7.22. The number of hydrogen-bond donors (Lipinski definition) is 0. The van der Waals surface area contributed by atoms with Crippen molar-refractivity contribution in [3.05, 3.63) is 68.5 Å². The molecule has 2 aromatic heterocycles. The third kappa shape index (κ3) is 2.82. The van der Waals surface area contributed by atoms with E-state index in [4.69, 9.17) is 0 Å². The lowest BCUT2D eigenvalue weighted by atomic mass is 10.2. The average Bonchev–Trinajstić information content (AvgIpc) is 2.56. The third-order valence-corrected chi connectivity index (χ3v) is 4.91. The van der Waals surface area contributed by atoms with Crippen LogP contribution in [0.3, 0.4) is 0 Å². The molecule has 0 aliphatic heterocycles. The minimum absolute atomic E-state index is 0.303. The zero-order valence-electron chi connectivity index (χ0n) is 13.2. The maximum atomic E-state index is 12.5. The molecule has 1 aromatic carbocycles. The Morgan fingerprint density at radius 2 is 1.91 bits per heavy atom. The van der Waals surface area contributed by atoms with Gasteiger partial charge in [0.1, 0.15) is 5.65 Å². The van der Waals surface area contributed by atoms with Gasteiger partial charge in [0.15, 0.2) is 0 Å². The van der Waals surface area contributed by atoms with Crippen molar-refractivity contribution in [2.45, 2.75) is 17.6 Å². The monoisotopic (exact) mass is 327 g/mol. The lowest BCUT2D eigenvalue weighted by Gasteiger charge is -2.10. The Hall–Kier alpha value is -2.34. The van der Waals surface area contributed by atoms with Crippen molar-refractivity contribution in [2.75, 3.05) is 0 Å². The van der Waals surface area contributed by atoms with Gasteiger partial charge in [-0.15, -0.1) is 11.8 Å². The minimum Gasteiger partial charge on any atom is -0.280 e. The smallest absolute Gasteiger partial charge is 0.280 e. The maximum Gasteiger partial charge on any atom is 0.332 e. The number of nitrogens with zero attached hydrogens (tertiary/aromatic N) is 3. The molecular formula is C17H17N3O2S. The largest absolute Gasteiger partial charge is 0.332 e. The SMILES string of the molecule is Cc1cccc(CSc2ccnc3c2c(=O)n(C)c(=O)n3C)c1. The van der Waals surface area contributed by atoms with Crippen molar-refractivity contribution in [1.29, 1.82) is 0 Å². The highest BCUT2D eigenvalue weighted by Gasteiger charge is 2.13. The van der Waals surface area contributed by atoms with Crippen molar-refractivity contribution in [1.82, 2.24) is 14.1 Å². The fourth-order valence-electron chi connectivity index (χ4n) is 2.54. The van der Waals surface area contributed by atoms with Crippen molar-refractivity contribution in [3.63, 3.8) is 0 Å². The Bertz CT molecular complexity index is 1000. The van der Waals surface area contributed by atoms with Gasteiger partial charge in [-0.05, 0) is 18.6 Å². The van der Waals surface area contributed by atoms with Crippen LogP contribution in [0.1, 0.15) is 11.1 Å². The van der Waals surface area contributed by atoms with E-state index < -0.39 is 0 Å². The molecule has 0 aliphatic carbocycles. The highest BCUT2D eigenvalue weighted by molar-refractivity contribution is 7.98. The van der Waals surface area contributed by atoms with Crippen LogP contribution in [0.4, 0.5) is 0 Å². The molecule has 0 atom stereocenters. The summed E-state index contributed by atoms with van der Waals surface area (Å²) in [5, 5.41) is 0.495. The molecule has 0 radical (unpaired) electrons. The Morgan fingerprint density at radius 1 is 1.13 bits per heavy atom. The number of rotatable bonds is 3. The first kappa shape index (κ1) is 15.6. The van der Waals surface area contributed by atoms with Gasteiger partial charge in [0, 0.05) is 30.9 Å². The van der Waals surface area contributed by atoms with E-state index in [0.717, 1.165) is 15.2 Å². The van der Waals surface area contributed by atoms with Crippen LogP contribution in [0, 0.1) is 6.92 Å². The quantitative estimate of drug-likeness (QED) is 0.692. The molecule has 0 fully saturated rings. The van der Waals surface area contributed by atoms with E-state index >= 15 is 0 Å². The topological polar surface area (TPSA) is 56.9 Å². The lowest BCUT2D eigenvalue weighted by Crippen LogP contribution is -2.37. The molecule has 5 nitrogen and oxygen atoms in total. The summed E-state index contributed by atoms with van der Waals surface area (Å²) in [6, 6.07) is 10.1. The van der Waals surface area contributed by atoms with Gasteiger partial charge in [-0.25, -0.2) is 9.78 Å².